The smallest absolute Gasteiger partial charge is 0.305 e. The summed E-state index contributed by atoms with van der Waals surface area (Å²) >= 11 is 0. The fourth-order valence-corrected chi connectivity index (χ4v) is 5.00. The van der Waals surface area contributed by atoms with Gasteiger partial charge >= 0.3 is 5.97 Å². The van der Waals surface area contributed by atoms with Crippen LogP contribution in [0.1, 0.15) is 84.0 Å². The van der Waals surface area contributed by atoms with Gasteiger partial charge in [-0.3, -0.25) is 4.79 Å². The molecule has 2 saturated carbocycles. The predicted molar refractivity (Wildman–Crippen MR) is 112 cm³/mol. The molecule has 0 amide bonds. The highest BCUT2D eigenvalue weighted by Crippen LogP contribution is 2.47. The minimum atomic E-state index is -0.113. The third-order valence-corrected chi connectivity index (χ3v) is 7.06. The Morgan fingerprint density at radius 1 is 1.30 bits per heavy atom. The third-order valence-electron chi connectivity index (χ3n) is 7.06. The summed E-state index contributed by atoms with van der Waals surface area (Å²) in [5, 5.41) is 0. The summed E-state index contributed by atoms with van der Waals surface area (Å²) in [5.41, 5.74) is 1.87. The fourth-order valence-electron chi connectivity index (χ4n) is 5.00. The first kappa shape index (κ1) is 22.2. The van der Waals surface area contributed by atoms with Crippen LogP contribution in [0.15, 0.2) is 24.3 Å². The minimum Gasteiger partial charge on any atom is -0.469 e. The number of unbranched alkanes of at least 4 members (excludes halogenated alkanes) is 1. The molecule has 0 aromatic rings. The van der Waals surface area contributed by atoms with Gasteiger partial charge < -0.3 is 9.47 Å². The third kappa shape index (κ3) is 6.48. The van der Waals surface area contributed by atoms with Crippen molar-refractivity contribution in [2.75, 3.05) is 14.2 Å². The van der Waals surface area contributed by atoms with E-state index in [-0.39, 0.29) is 5.97 Å². The molecule has 0 radical (unpaired) electrons. The summed E-state index contributed by atoms with van der Waals surface area (Å²) in [6.07, 6.45) is 18.7. The molecule has 0 bridgehead atoms. The van der Waals surface area contributed by atoms with Gasteiger partial charge in [-0.1, -0.05) is 44.1 Å². The van der Waals surface area contributed by atoms with E-state index in [1.165, 1.54) is 64.0 Å². The van der Waals surface area contributed by atoms with Gasteiger partial charge in [0.1, 0.15) is 0 Å². The van der Waals surface area contributed by atoms with E-state index in [0.717, 1.165) is 25.2 Å². The summed E-state index contributed by atoms with van der Waals surface area (Å²) in [5.74, 6) is 1.31. The van der Waals surface area contributed by atoms with Gasteiger partial charge in [-0.2, -0.15) is 0 Å². The van der Waals surface area contributed by atoms with Crippen LogP contribution in [-0.2, 0) is 14.3 Å². The zero-order valence-corrected chi connectivity index (χ0v) is 17.8. The average molecular weight is 377 g/mol. The number of hydrogen-bond acceptors (Lipinski definition) is 3. The fraction of sp³-hybridized carbons (Fsp3) is 0.792. The lowest BCUT2D eigenvalue weighted by molar-refractivity contribution is -0.140. The maximum Gasteiger partial charge on any atom is 0.305 e. The summed E-state index contributed by atoms with van der Waals surface area (Å²) in [7, 11) is 3.34. The molecule has 0 aliphatic heterocycles. The molecule has 0 N–H and O–H groups in total. The van der Waals surface area contributed by atoms with Crippen molar-refractivity contribution in [2.45, 2.75) is 90.1 Å². The van der Waals surface area contributed by atoms with Gasteiger partial charge in [0.15, 0.2) is 0 Å². The van der Waals surface area contributed by atoms with Gasteiger partial charge in [-0.25, -0.2) is 0 Å². The van der Waals surface area contributed by atoms with Crippen LogP contribution in [0.4, 0.5) is 0 Å². The molecule has 2 fully saturated rings. The lowest BCUT2D eigenvalue weighted by Crippen LogP contribution is -2.39. The van der Waals surface area contributed by atoms with E-state index in [0.29, 0.717) is 23.9 Å². The van der Waals surface area contributed by atoms with Crippen molar-refractivity contribution in [1.29, 1.82) is 0 Å². The Morgan fingerprint density at radius 2 is 2.07 bits per heavy atom. The molecule has 2 aliphatic carbocycles. The lowest BCUT2D eigenvalue weighted by Gasteiger charge is -2.44. The van der Waals surface area contributed by atoms with Crippen molar-refractivity contribution in [2.24, 2.45) is 17.3 Å². The zero-order valence-electron chi connectivity index (χ0n) is 17.8. The molecule has 27 heavy (non-hydrogen) atoms. The molecular formula is C24H40O3. The average Bonchev–Trinajstić information content (AvgIpc) is 2.99. The normalized spacial score (nSPS) is 25.5. The predicted octanol–water partition coefficient (Wildman–Crippen LogP) is 6.23. The number of ether oxygens (including phenoxy) is 2. The second-order valence-electron chi connectivity index (χ2n) is 8.90. The first-order chi connectivity index (χ1) is 13.0. The van der Waals surface area contributed by atoms with Crippen LogP contribution in [0.5, 0.6) is 0 Å². The monoisotopic (exact) mass is 376 g/mol. The molecular weight excluding hydrogens is 336 g/mol. The maximum absolute atomic E-state index is 11.1. The molecule has 0 spiro atoms. The van der Waals surface area contributed by atoms with Gasteiger partial charge in [0.25, 0.3) is 0 Å². The minimum absolute atomic E-state index is 0.113. The molecule has 0 aromatic heterocycles. The van der Waals surface area contributed by atoms with E-state index in [9.17, 15) is 4.79 Å². The van der Waals surface area contributed by atoms with Crippen molar-refractivity contribution in [1.82, 2.24) is 0 Å². The van der Waals surface area contributed by atoms with E-state index in [2.05, 4.69) is 30.4 Å². The molecule has 3 atom stereocenters. The quantitative estimate of drug-likeness (QED) is 0.230. The number of rotatable bonds is 12. The van der Waals surface area contributed by atoms with Crippen molar-refractivity contribution >= 4 is 5.97 Å². The zero-order chi connectivity index (χ0) is 19.7. The molecule has 3 heteroatoms. The summed E-state index contributed by atoms with van der Waals surface area (Å²) in [6, 6.07) is 0. The number of carbonyl (C=O) groups excluding carboxylic acids is 1. The second kappa shape index (κ2) is 11.0. The molecule has 2 rings (SSSR count). The highest BCUT2D eigenvalue weighted by atomic mass is 16.5. The second-order valence-corrected chi connectivity index (χ2v) is 8.90. The topological polar surface area (TPSA) is 35.5 Å². The number of methoxy groups -OCH3 is 2. The number of allylic oxidation sites excluding steroid dienone is 3. The van der Waals surface area contributed by atoms with Gasteiger partial charge in [0.2, 0.25) is 0 Å². The highest BCUT2D eigenvalue weighted by molar-refractivity contribution is 5.69. The SMILES string of the molecule is C=C1CC[C@H](CCCC(OC)C2(C)CCC2)[C@H]1C/C=C\CCCC(=O)OC. The van der Waals surface area contributed by atoms with Gasteiger partial charge in [-0.15, -0.1) is 0 Å². The van der Waals surface area contributed by atoms with Crippen LogP contribution in [0.25, 0.3) is 0 Å². The summed E-state index contributed by atoms with van der Waals surface area (Å²) in [6.45, 7) is 6.74. The van der Waals surface area contributed by atoms with Crippen molar-refractivity contribution in [3.63, 3.8) is 0 Å². The van der Waals surface area contributed by atoms with Crippen LogP contribution >= 0.6 is 0 Å². The number of hydrogen-bond donors (Lipinski definition) is 0. The summed E-state index contributed by atoms with van der Waals surface area (Å²) in [4.78, 5) is 11.1. The van der Waals surface area contributed by atoms with E-state index >= 15 is 0 Å². The van der Waals surface area contributed by atoms with Crippen LogP contribution < -0.4 is 0 Å². The van der Waals surface area contributed by atoms with E-state index in [4.69, 9.17) is 4.74 Å². The van der Waals surface area contributed by atoms with E-state index < -0.39 is 0 Å². The molecule has 2 aliphatic rings. The lowest BCUT2D eigenvalue weighted by atomic mass is 9.65. The first-order valence-electron chi connectivity index (χ1n) is 10.9. The van der Waals surface area contributed by atoms with E-state index in [1.807, 2.05) is 7.11 Å². The molecule has 0 aromatic carbocycles. The molecule has 1 unspecified atom stereocenters. The number of esters is 1. The van der Waals surface area contributed by atoms with Gasteiger partial charge in [0, 0.05) is 13.5 Å². The Labute approximate surface area is 166 Å². The van der Waals surface area contributed by atoms with Crippen LogP contribution in [-0.4, -0.2) is 26.3 Å². The summed E-state index contributed by atoms with van der Waals surface area (Å²) < 4.78 is 10.5. The van der Waals surface area contributed by atoms with Gasteiger partial charge in [-0.05, 0) is 75.0 Å². The van der Waals surface area contributed by atoms with Crippen LogP contribution in [0.2, 0.25) is 0 Å². The highest BCUT2D eigenvalue weighted by Gasteiger charge is 2.39. The molecule has 3 nitrogen and oxygen atoms in total. The molecule has 154 valence electrons. The standard InChI is InChI=1S/C24H40O3/c1-19-15-16-20(11-9-13-22(26-3)24(2)17-10-18-24)21(19)12-7-5-6-8-14-23(25)27-4/h5,7,20-22H,1,6,8-18H2,2-4H3/b7-5-/t20-,21-,22?/m0/s1. The maximum atomic E-state index is 11.1. The van der Waals surface area contributed by atoms with Crippen molar-refractivity contribution < 1.29 is 14.3 Å². The van der Waals surface area contributed by atoms with Gasteiger partial charge in [0.05, 0.1) is 13.2 Å². The largest absolute Gasteiger partial charge is 0.469 e. The molecule has 0 saturated heterocycles. The van der Waals surface area contributed by atoms with Crippen LogP contribution in [0, 0.1) is 17.3 Å². The van der Waals surface area contributed by atoms with E-state index in [1.54, 1.807) is 0 Å². The Hall–Kier alpha value is -1.09. The Kier molecular flexibility index (Phi) is 9.08. The Bertz CT molecular complexity index is 504. The number of carbonyl (C=O) groups is 1. The molecule has 0 heterocycles. The van der Waals surface area contributed by atoms with Crippen LogP contribution in [0.3, 0.4) is 0 Å². The van der Waals surface area contributed by atoms with Crippen molar-refractivity contribution in [3.05, 3.63) is 24.3 Å². The Morgan fingerprint density at radius 3 is 2.70 bits per heavy atom. The Balaban J connectivity index is 1.69. The first-order valence-corrected chi connectivity index (χ1v) is 10.9. The van der Waals surface area contributed by atoms with Crippen molar-refractivity contribution in [3.8, 4) is 0 Å².